The summed E-state index contributed by atoms with van der Waals surface area (Å²) in [5.74, 6) is 0. The number of alkyl halides is 1. The van der Waals surface area contributed by atoms with Crippen LogP contribution in [0.5, 0.6) is 0 Å². The number of nitrogens with zero attached hydrogens (tertiary/aromatic N) is 1. The summed E-state index contributed by atoms with van der Waals surface area (Å²) in [4.78, 5) is 4.00. The molecule has 11 heavy (non-hydrogen) atoms. The normalized spacial score (nSPS) is 14.9. The molecule has 0 radical (unpaired) electrons. The van der Waals surface area contributed by atoms with Gasteiger partial charge >= 0.3 is 0 Å². The van der Waals surface area contributed by atoms with Gasteiger partial charge in [-0.25, -0.2) is 0 Å². The predicted molar refractivity (Wildman–Crippen MR) is 60.5 cm³/mol. The highest BCUT2D eigenvalue weighted by molar-refractivity contribution is 14.1. The van der Waals surface area contributed by atoms with Crippen molar-refractivity contribution in [1.29, 1.82) is 0 Å². The van der Waals surface area contributed by atoms with E-state index in [1.165, 1.54) is 0 Å². The van der Waals surface area contributed by atoms with Crippen LogP contribution >= 0.6 is 22.6 Å². The summed E-state index contributed by atoms with van der Waals surface area (Å²) in [6.45, 7) is 9.30. The van der Waals surface area contributed by atoms with E-state index >= 15 is 0 Å². The Morgan fingerprint density at radius 3 is 2.55 bits per heavy atom. The molecular formula is C9H12IN. The van der Waals surface area contributed by atoms with E-state index in [1.807, 2.05) is 6.08 Å². The van der Waals surface area contributed by atoms with E-state index in [-0.39, 0.29) is 0 Å². The lowest BCUT2D eigenvalue weighted by Crippen LogP contribution is -1.91. The fraction of sp³-hybridized carbons (Fsp3) is 0.222. The number of aliphatic imine (C=N–C) groups is 1. The molecule has 0 spiro atoms. The molecule has 60 valence electrons. The molecule has 0 fully saturated rings. The highest BCUT2D eigenvalue weighted by Crippen LogP contribution is 2.12. The Kier molecular flexibility index (Phi) is 6.12. The maximum absolute atomic E-state index is 4.00. The van der Waals surface area contributed by atoms with Crippen molar-refractivity contribution in [3.63, 3.8) is 0 Å². The Hall–Kier alpha value is -0.380. The predicted octanol–water partition coefficient (Wildman–Crippen LogP) is 3.14. The van der Waals surface area contributed by atoms with Gasteiger partial charge in [0, 0.05) is 16.3 Å². The zero-order chi connectivity index (χ0) is 8.69. The number of hydrogen-bond acceptors (Lipinski definition) is 1. The van der Waals surface area contributed by atoms with Crippen LogP contribution in [0.3, 0.4) is 0 Å². The average molecular weight is 261 g/mol. The molecular weight excluding hydrogens is 249 g/mol. The van der Waals surface area contributed by atoms with Crippen molar-refractivity contribution in [2.75, 3.05) is 0 Å². The van der Waals surface area contributed by atoms with Crippen LogP contribution in [-0.4, -0.2) is 10.1 Å². The highest BCUT2D eigenvalue weighted by atomic mass is 127. The molecule has 1 unspecified atom stereocenters. The van der Waals surface area contributed by atoms with Gasteiger partial charge in [-0.3, -0.25) is 4.99 Å². The maximum atomic E-state index is 4.00. The van der Waals surface area contributed by atoms with Crippen LogP contribution in [0.25, 0.3) is 0 Å². The monoisotopic (exact) mass is 261 g/mol. The number of hydrogen-bond donors (Lipinski definition) is 0. The smallest absolute Gasteiger partial charge is 0.0346 e. The van der Waals surface area contributed by atoms with Crippen molar-refractivity contribution in [3.05, 3.63) is 37.1 Å². The second-order valence-corrected chi connectivity index (χ2v) is 3.85. The molecule has 0 aromatic carbocycles. The third-order valence-corrected chi connectivity index (χ3v) is 1.83. The molecule has 1 nitrogen and oxygen atoms in total. The van der Waals surface area contributed by atoms with Gasteiger partial charge in [0.1, 0.15) is 0 Å². The lowest BCUT2D eigenvalue weighted by atomic mass is 10.2. The summed E-state index contributed by atoms with van der Waals surface area (Å²) < 4.78 is 0.451. The van der Waals surface area contributed by atoms with Crippen molar-refractivity contribution < 1.29 is 0 Å². The first-order chi connectivity index (χ1) is 5.22. The van der Waals surface area contributed by atoms with E-state index in [2.05, 4.69) is 47.7 Å². The molecule has 0 amide bonds. The van der Waals surface area contributed by atoms with E-state index in [0.29, 0.717) is 3.92 Å². The molecule has 0 aliphatic rings. The number of allylic oxidation sites excluding steroid dienone is 3. The first-order valence-electron chi connectivity index (χ1n) is 3.33. The second-order valence-electron chi connectivity index (χ2n) is 1.98. The minimum atomic E-state index is 0.451. The SMILES string of the molecule is C=CC=N/C=C(\C=C)C(C)I. The zero-order valence-electron chi connectivity index (χ0n) is 6.63. The van der Waals surface area contributed by atoms with Crippen molar-refractivity contribution in [2.45, 2.75) is 10.8 Å². The first-order valence-corrected chi connectivity index (χ1v) is 4.57. The van der Waals surface area contributed by atoms with Gasteiger partial charge in [-0.05, 0) is 12.5 Å². The Labute approximate surface area is 81.7 Å². The third-order valence-electron chi connectivity index (χ3n) is 1.11. The minimum Gasteiger partial charge on any atom is -0.264 e. The molecule has 2 heteroatoms. The Morgan fingerprint density at radius 1 is 1.55 bits per heavy atom. The largest absolute Gasteiger partial charge is 0.264 e. The van der Waals surface area contributed by atoms with Gasteiger partial charge in [-0.2, -0.15) is 0 Å². The van der Waals surface area contributed by atoms with Crippen molar-refractivity contribution >= 4 is 28.8 Å². The van der Waals surface area contributed by atoms with Gasteiger partial charge in [-0.15, -0.1) is 0 Å². The quantitative estimate of drug-likeness (QED) is 0.319. The molecule has 0 aromatic heterocycles. The lowest BCUT2D eigenvalue weighted by molar-refractivity contribution is 1.20. The molecule has 0 bridgehead atoms. The number of halogens is 1. The third kappa shape index (κ3) is 4.95. The summed E-state index contributed by atoms with van der Waals surface area (Å²) in [7, 11) is 0. The lowest BCUT2D eigenvalue weighted by Gasteiger charge is -2.00. The van der Waals surface area contributed by atoms with Crippen LogP contribution in [0, 0.1) is 0 Å². The average Bonchev–Trinajstić information content (AvgIpc) is 1.97. The summed E-state index contributed by atoms with van der Waals surface area (Å²) in [5.41, 5.74) is 1.13. The van der Waals surface area contributed by atoms with Crippen LogP contribution < -0.4 is 0 Å². The molecule has 0 saturated heterocycles. The van der Waals surface area contributed by atoms with E-state index in [1.54, 1.807) is 18.5 Å². The van der Waals surface area contributed by atoms with Crippen molar-refractivity contribution in [3.8, 4) is 0 Å². The zero-order valence-corrected chi connectivity index (χ0v) is 8.78. The highest BCUT2D eigenvalue weighted by Gasteiger charge is 1.97. The Balaban J connectivity index is 4.23. The van der Waals surface area contributed by atoms with Crippen molar-refractivity contribution in [2.24, 2.45) is 4.99 Å². The van der Waals surface area contributed by atoms with E-state index in [4.69, 9.17) is 0 Å². The summed E-state index contributed by atoms with van der Waals surface area (Å²) >= 11 is 2.32. The molecule has 0 N–H and O–H groups in total. The van der Waals surface area contributed by atoms with E-state index < -0.39 is 0 Å². The molecule has 1 atom stereocenters. The van der Waals surface area contributed by atoms with Crippen molar-refractivity contribution in [1.82, 2.24) is 0 Å². The maximum Gasteiger partial charge on any atom is 0.0346 e. The summed E-state index contributed by atoms with van der Waals surface area (Å²) in [6, 6.07) is 0. The van der Waals surface area contributed by atoms with Gasteiger partial charge in [0.15, 0.2) is 0 Å². The summed E-state index contributed by atoms with van der Waals surface area (Å²) in [6.07, 6.45) is 6.92. The van der Waals surface area contributed by atoms with Gasteiger partial charge in [0.05, 0.1) is 0 Å². The second kappa shape index (κ2) is 6.34. The van der Waals surface area contributed by atoms with Gasteiger partial charge in [-0.1, -0.05) is 47.9 Å². The Morgan fingerprint density at radius 2 is 2.18 bits per heavy atom. The first kappa shape index (κ1) is 10.6. The fourth-order valence-corrected chi connectivity index (χ4v) is 0.923. The molecule has 0 aliphatic carbocycles. The number of rotatable bonds is 4. The molecule has 0 saturated carbocycles. The van der Waals surface area contributed by atoms with Crippen LogP contribution in [-0.2, 0) is 0 Å². The summed E-state index contributed by atoms with van der Waals surface area (Å²) in [5, 5.41) is 0. The van der Waals surface area contributed by atoms with Crippen LogP contribution in [0.1, 0.15) is 6.92 Å². The van der Waals surface area contributed by atoms with Crippen LogP contribution in [0.4, 0.5) is 0 Å². The minimum absolute atomic E-state index is 0.451. The van der Waals surface area contributed by atoms with Crippen LogP contribution in [0.2, 0.25) is 0 Å². The van der Waals surface area contributed by atoms with E-state index in [0.717, 1.165) is 5.57 Å². The van der Waals surface area contributed by atoms with E-state index in [9.17, 15) is 0 Å². The van der Waals surface area contributed by atoms with Gasteiger partial charge in [0.2, 0.25) is 0 Å². The fourth-order valence-electron chi connectivity index (χ4n) is 0.508. The van der Waals surface area contributed by atoms with Gasteiger partial charge < -0.3 is 0 Å². The molecule has 0 rings (SSSR count). The molecule has 0 heterocycles. The topological polar surface area (TPSA) is 12.4 Å². The standard InChI is InChI=1S/C9H12IN/c1-4-6-11-7-9(5-2)8(3)10/h4-8H,1-2H2,3H3/b9-7+,11-6?. The molecule has 0 aromatic rings. The molecule has 0 aliphatic heterocycles. The van der Waals surface area contributed by atoms with Crippen LogP contribution in [0.15, 0.2) is 42.1 Å². The Bertz CT molecular complexity index is 190. The van der Waals surface area contributed by atoms with Gasteiger partial charge in [0.25, 0.3) is 0 Å².